The molecule has 1 aliphatic heterocycles. The SMILES string of the molecule is COC[C@@H]1CCCN1S(=O)(=O)c1ccc(C)cc1. The van der Waals surface area contributed by atoms with E-state index in [4.69, 9.17) is 4.74 Å². The van der Waals surface area contributed by atoms with Gasteiger partial charge in [-0.1, -0.05) is 17.7 Å². The van der Waals surface area contributed by atoms with Gasteiger partial charge in [0.05, 0.1) is 11.5 Å². The summed E-state index contributed by atoms with van der Waals surface area (Å²) in [6.45, 7) is 3.00. The van der Waals surface area contributed by atoms with Gasteiger partial charge in [-0.15, -0.1) is 0 Å². The minimum Gasteiger partial charge on any atom is -0.383 e. The number of benzene rings is 1. The maximum absolute atomic E-state index is 12.5. The molecule has 0 saturated carbocycles. The highest BCUT2D eigenvalue weighted by Crippen LogP contribution is 2.26. The lowest BCUT2D eigenvalue weighted by molar-refractivity contribution is 0.149. The number of aryl methyl sites for hydroxylation is 1. The standard InChI is InChI=1S/C13H19NO3S/c1-11-5-7-13(8-6-11)18(15,16)14-9-3-4-12(14)10-17-2/h5-8,12H,3-4,9-10H2,1-2H3/t12-/m0/s1. The number of rotatable bonds is 4. The highest BCUT2D eigenvalue weighted by Gasteiger charge is 2.34. The first-order chi connectivity index (χ1) is 8.55. The molecule has 0 amide bonds. The molecule has 100 valence electrons. The summed E-state index contributed by atoms with van der Waals surface area (Å²) in [5, 5.41) is 0. The highest BCUT2D eigenvalue weighted by molar-refractivity contribution is 7.89. The highest BCUT2D eigenvalue weighted by atomic mass is 32.2. The van der Waals surface area contributed by atoms with Gasteiger partial charge in [0.25, 0.3) is 0 Å². The maximum Gasteiger partial charge on any atom is 0.243 e. The van der Waals surface area contributed by atoms with Gasteiger partial charge >= 0.3 is 0 Å². The Balaban J connectivity index is 2.27. The van der Waals surface area contributed by atoms with Crippen LogP contribution in [0.5, 0.6) is 0 Å². The Labute approximate surface area is 109 Å². The second-order valence-corrected chi connectivity index (χ2v) is 6.57. The van der Waals surface area contributed by atoms with Crippen molar-refractivity contribution in [3.63, 3.8) is 0 Å². The lowest BCUT2D eigenvalue weighted by atomic mass is 10.2. The van der Waals surface area contributed by atoms with Crippen molar-refractivity contribution in [3.05, 3.63) is 29.8 Å². The molecule has 1 aromatic rings. The summed E-state index contributed by atoms with van der Waals surface area (Å²) in [5.74, 6) is 0. The van der Waals surface area contributed by atoms with Gasteiger partial charge < -0.3 is 4.74 Å². The Morgan fingerprint density at radius 1 is 1.33 bits per heavy atom. The molecule has 0 aromatic heterocycles. The molecule has 0 aliphatic carbocycles. The molecule has 1 fully saturated rings. The third kappa shape index (κ3) is 2.58. The summed E-state index contributed by atoms with van der Waals surface area (Å²) < 4.78 is 31.7. The fourth-order valence-corrected chi connectivity index (χ4v) is 4.01. The van der Waals surface area contributed by atoms with E-state index in [1.54, 1.807) is 23.5 Å². The second kappa shape index (κ2) is 5.38. The van der Waals surface area contributed by atoms with E-state index in [9.17, 15) is 8.42 Å². The molecule has 18 heavy (non-hydrogen) atoms. The van der Waals surface area contributed by atoms with Crippen LogP contribution in [0.4, 0.5) is 0 Å². The van der Waals surface area contributed by atoms with Crippen molar-refractivity contribution in [2.24, 2.45) is 0 Å². The third-order valence-corrected chi connectivity index (χ3v) is 5.28. The van der Waals surface area contributed by atoms with E-state index in [0.717, 1.165) is 18.4 Å². The molecule has 0 bridgehead atoms. The summed E-state index contributed by atoms with van der Waals surface area (Å²) in [5.41, 5.74) is 1.06. The van der Waals surface area contributed by atoms with Gasteiger partial charge in [0.1, 0.15) is 0 Å². The summed E-state index contributed by atoms with van der Waals surface area (Å²) >= 11 is 0. The van der Waals surface area contributed by atoms with Crippen molar-refractivity contribution in [1.82, 2.24) is 4.31 Å². The van der Waals surface area contributed by atoms with Crippen LogP contribution in [-0.2, 0) is 14.8 Å². The number of ether oxygens (including phenoxy) is 1. The van der Waals surface area contributed by atoms with E-state index >= 15 is 0 Å². The van der Waals surface area contributed by atoms with Crippen molar-refractivity contribution < 1.29 is 13.2 Å². The lowest BCUT2D eigenvalue weighted by Crippen LogP contribution is -2.38. The first-order valence-corrected chi connectivity index (χ1v) is 7.57. The molecular formula is C13H19NO3S. The molecule has 1 aromatic carbocycles. The zero-order valence-corrected chi connectivity index (χ0v) is 11.6. The van der Waals surface area contributed by atoms with E-state index < -0.39 is 10.0 Å². The zero-order chi connectivity index (χ0) is 13.2. The average molecular weight is 269 g/mol. The van der Waals surface area contributed by atoms with Crippen LogP contribution in [0.3, 0.4) is 0 Å². The fourth-order valence-electron chi connectivity index (χ4n) is 2.33. The Kier molecular flexibility index (Phi) is 4.04. The molecule has 0 radical (unpaired) electrons. The maximum atomic E-state index is 12.5. The summed E-state index contributed by atoms with van der Waals surface area (Å²) in [6, 6.07) is 6.98. The van der Waals surface area contributed by atoms with Crippen LogP contribution in [0.2, 0.25) is 0 Å². The Morgan fingerprint density at radius 2 is 2.00 bits per heavy atom. The minimum atomic E-state index is -3.37. The molecule has 1 heterocycles. The smallest absolute Gasteiger partial charge is 0.243 e. The quantitative estimate of drug-likeness (QED) is 0.837. The van der Waals surface area contributed by atoms with Crippen molar-refractivity contribution in [1.29, 1.82) is 0 Å². The molecule has 1 aliphatic rings. The first-order valence-electron chi connectivity index (χ1n) is 6.13. The second-order valence-electron chi connectivity index (χ2n) is 4.68. The van der Waals surface area contributed by atoms with Gasteiger partial charge in [0.2, 0.25) is 10.0 Å². The van der Waals surface area contributed by atoms with Crippen molar-refractivity contribution in [3.8, 4) is 0 Å². The number of nitrogens with zero attached hydrogens (tertiary/aromatic N) is 1. The number of hydrogen-bond acceptors (Lipinski definition) is 3. The van der Waals surface area contributed by atoms with Gasteiger partial charge in [-0.2, -0.15) is 4.31 Å². The van der Waals surface area contributed by atoms with E-state index in [1.165, 1.54) is 0 Å². The molecule has 5 heteroatoms. The van der Waals surface area contributed by atoms with E-state index in [2.05, 4.69) is 0 Å². The largest absolute Gasteiger partial charge is 0.383 e. The van der Waals surface area contributed by atoms with Crippen molar-refractivity contribution >= 4 is 10.0 Å². The number of methoxy groups -OCH3 is 1. The zero-order valence-electron chi connectivity index (χ0n) is 10.8. The van der Waals surface area contributed by atoms with Gasteiger partial charge in [-0.25, -0.2) is 8.42 Å². The van der Waals surface area contributed by atoms with Crippen LogP contribution in [0, 0.1) is 6.92 Å². The molecule has 1 saturated heterocycles. The van der Waals surface area contributed by atoms with Crippen molar-refractivity contribution in [2.75, 3.05) is 20.3 Å². The van der Waals surface area contributed by atoms with E-state index in [1.807, 2.05) is 19.1 Å². The Bertz CT molecular complexity index is 495. The molecule has 0 spiro atoms. The van der Waals surface area contributed by atoms with Crippen LogP contribution in [0.15, 0.2) is 29.2 Å². The van der Waals surface area contributed by atoms with E-state index in [-0.39, 0.29) is 6.04 Å². The van der Waals surface area contributed by atoms with Crippen molar-refractivity contribution in [2.45, 2.75) is 30.7 Å². The van der Waals surface area contributed by atoms with Crippen LogP contribution in [-0.4, -0.2) is 39.0 Å². The Morgan fingerprint density at radius 3 is 2.61 bits per heavy atom. The minimum absolute atomic E-state index is 0.0266. The molecule has 1 atom stereocenters. The van der Waals surface area contributed by atoms with Crippen LogP contribution >= 0.6 is 0 Å². The summed E-state index contributed by atoms with van der Waals surface area (Å²) in [6.07, 6.45) is 1.78. The van der Waals surface area contributed by atoms with Gasteiger partial charge in [0.15, 0.2) is 0 Å². The average Bonchev–Trinajstić information content (AvgIpc) is 2.79. The van der Waals surface area contributed by atoms with E-state index in [0.29, 0.717) is 18.0 Å². The lowest BCUT2D eigenvalue weighted by Gasteiger charge is -2.23. The fraction of sp³-hybridized carbons (Fsp3) is 0.538. The topological polar surface area (TPSA) is 46.6 Å². The molecule has 2 rings (SSSR count). The predicted molar refractivity (Wildman–Crippen MR) is 70.0 cm³/mol. The summed E-state index contributed by atoms with van der Waals surface area (Å²) in [7, 11) is -1.77. The predicted octanol–water partition coefficient (Wildman–Crippen LogP) is 1.79. The van der Waals surface area contributed by atoms with Crippen LogP contribution < -0.4 is 0 Å². The normalized spacial score (nSPS) is 21.3. The molecule has 0 N–H and O–H groups in total. The van der Waals surface area contributed by atoms with Gasteiger partial charge in [-0.3, -0.25) is 0 Å². The third-order valence-electron chi connectivity index (χ3n) is 3.31. The van der Waals surface area contributed by atoms with Crippen LogP contribution in [0.1, 0.15) is 18.4 Å². The number of sulfonamides is 1. The van der Waals surface area contributed by atoms with Gasteiger partial charge in [-0.05, 0) is 31.9 Å². The first kappa shape index (κ1) is 13.5. The summed E-state index contributed by atoms with van der Waals surface area (Å²) in [4.78, 5) is 0.371. The Hall–Kier alpha value is -0.910. The monoisotopic (exact) mass is 269 g/mol. The molecule has 0 unspecified atom stereocenters. The molecule has 4 nitrogen and oxygen atoms in total. The molecular weight excluding hydrogens is 250 g/mol. The number of hydrogen-bond donors (Lipinski definition) is 0. The van der Waals surface area contributed by atoms with Crippen LogP contribution in [0.25, 0.3) is 0 Å². The van der Waals surface area contributed by atoms with Gasteiger partial charge in [0, 0.05) is 19.7 Å².